The first-order valence-electron chi connectivity index (χ1n) is 6.60. The molecule has 1 unspecified atom stereocenters. The minimum Gasteiger partial charge on any atom is -0.231 e. The summed E-state index contributed by atoms with van der Waals surface area (Å²) in [5, 5.41) is 6.73. The Morgan fingerprint density at radius 1 is 1.00 bits per heavy atom. The quantitative estimate of drug-likeness (QED) is 0.386. The molecule has 5 nitrogen and oxygen atoms in total. The molecular weight excluding hydrogens is 363 g/mol. The van der Waals surface area contributed by atoms with Crippen LogP contribution in [0.25, 0.3) is 11.3 Å². The molecule has 24 heavy (non-hydrogen) atoms. The lowest BCUT2D eigenvalue weighted by Gasteiger charge is -2.25. The number of hydrogen-bond acceptors (Lipinski definition) is 5. The summed E-state index contributed by atoms with van der Waals surface area (Å²) in [5.41, 5.74) is 0.737. The van der Waals surface area contributed by atoms with Crippen LogP contribution in [0, 0.1) is 0 Å². The van der Waals surface area contributed by atoms with Crippen LogP contribution in [0.15, 0.2) is 60.1 Å². The van der Waals surface area contributed by atoms with Crippen molar-refractivity contribution in [2.24, 2.45) is 0 Å². The number of hydrogen-bond donors (Lipinski definition) is 0. The summed E-state index contributed by atoms with van der Waals surface area (Å²) in [7, 11) is 0. The fourth-order valence-electron chi connectivity index (χ4n) is 1.79. The summed E-state index contributed by atoms with van der Waals surface area (Å²) in [5.74, 6) is 0. The molecule has 0 spiro atoms. The lowest BCUT2D eigenvalue weighted by Crippen LogP contribution is -2.40. The molecule has 0 amide bonds. The number of thioether (sulfide) groups is 1. The van der Waals surface area contributed by atoms with Crippen LogP contribution in [-0.4, -0.2) is 29.4 Å². The molecule has 0 aliphatic rings. The maximum absolute atomic E-state index is 14.5. The molecule has 1 aromatic carbocycles. The number of halogens is 4. The zero-order chi connectivity index (χ0) is 17.2. The molecule has 124 valence electrons. The molecule has 0 aliphatic carbocycles. The number of aromatic nitrogens is 5. The van der Waals surface area contributed by atoms with Crippen molar-refractivity contribution in [3.8, 4) is 11.3 Å². The third-order valence-corrected chi connectivity index (χ3v) is 4.32. The van der Waals surface area contributed by atoms with Gasteiger partial charge in [-0.25, -0.2) is 14.4 Å². The summed E-state index contributed by atoms with van der Waals surface area (Å²) >= 11 is 5.42. The Balaban J connectivity index is 1.88. The fourth-order valence-corrected chi connectivity index (χ4v) is 2.76. The minimum atomic E-state index is -4.18. The Bertz CT molecular complexity index is 814. The molecule has 0 saturated heterocycles. The van der Waals surface area contributed by atoms with E-state index in [0.29, 0.717) is 5.56 Å². The van der Waals surface area contributed by atoms with Crippen LogP contribution in [0.1, 0.15) is 0 Å². The smallest absolute Gasteiger partial charge is 0.231 e. The van der Waals surface area contributed by atoms with Crippen molar-refractivity contribution >= 4 is 23.4 Å². The van der Waals surface area contributed by atoms with Crippen molar-refractivity contribution in [3.05, 3.63) is 55.0 Å². The van der Waals surface area contributed by atoms with Crippen LogP contribution in [0.5, 0.6) is 0 Å². The first-order valence-corrected chi connectivity index (χ1v) is 7.79. The van der Waals surface area contributed by atoms with Gasteiger partial charge in [0, 0.05) is 18.0 Å². The zero-order valence-corrected chi connectivity index (χ0v) is 13.4. The number of rotatable bonds is 5. The predicted molar refractivity (Wildman–Crippen MR) is 83.2 cm³/mol. The van der Waals surface area contributed by atoms with Crippen molar-refractivity contribution in [3.63, 3.8) is 0 Å². The lowest BCUT2D eigenvalue weighted by molar-refractivity contribution is -0.139. The van der Waals surface area contributed by atoms with Gasteiger partial charge in [-0.1, -0.05) is 47.1 Å². The van der Waals surface area contributed by atoms with Crippen LogP contribution in [-0.2, 0) is 6.05 Å². The van der Waals surface area contributed by atoms with E-state index < -0.39 is 10.5 Å². The molecule has 0 radical (unpaired) electrons. The Labute approximate surface area is 143 Å². The van der Waals surface area contributed by atoms with Crippen LogP contribution >= 0.6 is 23.4 Å². The second kappa shape index (κ2) is 6.40. The highest BCUT2D eigenvalue weighted by Gasteiger charge is 2.58. The van der Waals surface area contributed by atoms with Crippen molar-refractivity contribution in [2.75, 3.05) is 0 Å². The van der Waals surface area contributed by atoms with E-state index in [4.69, 9.17) is 11.6 Å². The van der Waals surface area contributed by atoms with Crippen LogP contribution in [0.3, 0.4) is 0 Å². The van der Waals surface area contributed by atoms with Crippen molar-refractivity contribution in [2.45, 2.75) is 15.7 Å². The number of benzene rings is 1. The first-order chi connectivity index (χ1) is 11.4. The van der Waals surface area contributed by atoms with Crippen molar-refractivity contribution in [1.29, 1.82) is 0 Å². The highest BCUT2D eigenvalue weighted by atomic mass is 35.5. The standard InChI is InChI=1S/C14H9ClF3N5S/c15-13(16,24-12-19-7-4-8-20-12)14(17,18)23-9-11(21-22-23)10-5-2-1-3-6-10/h1-9H. The molecule has 0 bridgehead atoms. The summed E-state index contributed by atoms with van der Waals surface area (Å²) in [6.45, 7) is 0. The SMILES string of the molecule is FC(Cl)(Sc1ncccn1)C(F)(F)n1cc(-c2ccccc2)nn1. The molecule has 0 fully saturated rings. The van der Waals surface area contributed by atoms with Gasteiger partial charge in [0.25, 0.3) is 0 Å². The molecule has 0 saturated carbocycles. The van der Waals surface area contributed by atoms with Gasteiger partial charge in [0.05, 0.1) is 6.20 Å². The van der Waals surface area contributed by atoms with Crippen molar-refractivity contribution < 1.29 is 13.2 Å². The maximum Gasteiger partial charge on any atom is 0.402 e. The average Bonchev–Trinajstić information content (AvgIpc) is 3.07. The molecule has 1 atom stereocenters. The molecule has 3 rings (SSSR count). The van der Waals surface area contributed by atoms with E-state index in [2.05, 4.69) is 20.3 Å². The van der Waals surface area contributed by atoms with Crippen LogP contribution in [0.4, 0.5) is 13.2 Å². The van der Waals surface area contributed by atoms with E-state index in [0.717, 1.165) is 6.20 Å². The van der Waals surface area contributed by atoms with Gasteiger partial charge in [-0.3, -0.25) is 0 Å². The van der Waals surface area contributed by atoms with E-state index >= 15 is 0 Å². The third kappa shape index (κ3) is 3.22. The first kappa shape index (κ1) is 16.7. The summed E-state index contributed by atoms with van der Waals surface area (Å²) in [4.78, 5) is 7.35. The second-order valence-electron chi connectivity index (χ2n) is 4.61. The molecule has 3 aromatic rings. The highest BCUT2D eigenvalue weighted by Crippen LogP contribution is 2.50. The van der Waals surface area contributed by atoms with E-state index in [9.17, 15) is 13.2 Å². The number of alkyl halides is 4. The Kier molecular flexibility index (Phi) is 4.46. The maximum atomic E-state index is 14.5. The van der Waals surface area contributed by atoms with Gasteiger partial charge in [-0.15, -0.1) is 5.10 Å². The summed E-state index contributed by atoms with van der Waals surface area (Å²) in [6, 6.07) is 5.83. The largest absolute Gasteiger partial charge is 0.402 e. The topological polar surface area (TPSA) is 56.5 Å². The van der Waals surface area contributed by atoms with Gasteiger partial charge in [0.1, 0.15) is 5.69 Å². The van der Waals surface area contributed by atoms with Gasteiger partial charge in [0.15, 0.2) is 5.16 Å². The second-order valence-corrected chi connectivity index (χ2v) is 6.48. The monoisotopic (exact) mass is 371 g/mol. The Morgan fingerprint density at radius 3 is 2.33 bits per heavy atom. The van der Waals surface area contributed by atoms with Crippen LogP contribution < -0.4 is 0 Å². The molecule has 0 aliphatic heterocycles. The fraction of sp³-hybridized carbons (Fsp3) is 0.143. The predicted octanol–water partition coefficient (Wildman–Crippen LogP) is 3.94. The minimum absolute atomic E-state index is 0.00933. The summed E-state index contributed by atoms with van der Waals surface area (Å²) in [6.07, 6.45) is 3.52. The highest BCUT2D eigenvalue weighted by molar-refractivity contribution is 8.01. The van der Waals surface area contributed by atoms with Gasteiger partial charge in [0.2, 0.25) is 0 Å². The molecule has 2 heterocycles. The normalized spacial score (nSPS) is 14.3. The zero-order valence-electron chi connectivity index (χ0n) is 11.9. The van der Waals surface area contributed by atoms with E-state index in [1.807, 2.05) is 0 Å². The van der Waals surface area contributed by atoms with Gasteiger partial charge >= 0.3 is 10.5 Å². The lowest BCUT2D eigenvalue weighted by atomic mass is 10.2. The van der Waals surface area contributed by atoms with Gasteiger partial charge in [-0.2, -0.15) is 13.5 Å². The Morgan fingerprint density at radius 2 is 1.67 bits per heavy atom. The summed E-state index contributed by atoms with van der Waals surface area (Å²) < 4.78 is 39.9. The van der Waals surface area contributed by atoms with E-state index in [1.165, 1.54) is 18.5 Å². The third-order valence-electron chi connectivity index (χ3n) is 2.96. The van der Waals surface area contributed by atoms with E-state index in [-0.39, 0.29) is 27.3 Å². The van der Waals surface area contributed by atoms with E-state index in [1.54, 1.807) is 30.3 Å². The Hall–Kier alpha value is -2.13. The molecule has 0 N–H and O–H groups in total. The molecule has 2 aromatic heterocycles. The number of nitrogens with zero attached hydrogens (tertiary/aromatic N) is 5. The van der Waals surface area contributed by atoms with Gasteiger partial charge < -0.3 is 0 Å². The van der Waals surface area contributed by atoms with Gasteiger partial charge in [-0.05, 0) is 17.8 Å². The van der Waals surface area contributed by atoms with Crippen molar-refractivity contribution in [1.82, 2.24) is 25.0 Å². The molecular formula is C14H9ClF3N5S. The molecule has 10 heteroatoms. The average molecular weight is 372 g/mol. The van der Waals surface area contributed by atoms with Crippen LogP contribution in [0.2, 0.25) is 0 Å².